The second-order valence-corrected chi connectivity index (χ2v) is 25.8. The molecular weight excluding hydrogens is 987 g/mol. The summed E-state index contributed by atoms with van der Waals surface area (Å²) in [6.45, 7) is 15.4. The lowest BCUT2D eigenvalue weighted by molar-refractivity contribution is 0.411. The van der Waals surface area contributed by atoms with Gasteiger partial charge in [0, 0.05) is 64.3 Å². The Morgan fingerprint density at radius 1 is 0.419 bits per heavy atom. The Kier molecular flexibility index (Phi) is 22.0. The van der Waals surface area contributed by atoms with Crippen LogP contribution in [-0.4, -0.2) is 9.13 Å². The van der Waals surface area contributed by atoms with Gasteiger partial charge in [0.15, 0.2) is 0 Å². The fourth-order valence-corrected chi connectivity index (χ4v) is 16.1. The van der Waals surface area contributed by atoms with E-state index in [0.29, 0.717) is 23.0 Å². The van der Waals surface area contributed by atoms with Gasteiger partial charge in [0.2, 0.25) is 0 Å². The average Bonchev–Trinajstić information content (AvgIpc) is 4.29. The van der Waals surface area contributed by atoms with E-state index in [4.69, 9.17) is 0 Å². The van der Waals surface area contributed by atoms with Gasteiger partial charge in [-0.2, -0.15) is 0 Å². The molecule has 8 rings (SSSR count). The number of unbranched alkanes of at least 4 members (excludes halogenated alkanes) is 14. The van der Waals surface area contributed by atoms with Crippen molar-refractivity contribution in [2.75, 3.05) is 0 Å². The molecule has 74 heavy (non-hydrogen) atoms. The Hall–Kier alpha value is -3.56. The first-order valence-corrected chi connectivity index (χ1v) is 33.0. The Balaban J connectivity index is 1.26. The highest BCUT2D eigenvalue weighted by molar-refractivity contribution is 7.24. The maximum Gasteiger partial charge on any atom is 0.132 e. The number of hydrogen-bond acceptors (Lipinski definition) is 4. The Morgan fingerprint density at radius 2 is 0.797 bits per heavy atom. The SMILES string of the molecule is CCCCCCC(CCCC)Cc1cc(-c2cc3c(cc2F)c2c(c4cc(F)c(-c5cc(CC(CCCC)CCCCCC)c(-c6cccs6)s5)cc4n2CCCCCC)n3CCCCCC)sc1-c1cccs1. The zero-order chi connectivity index (χ0) is 51.8. The van der Waals surface area contributed by atoms with Gasteiger partial charge in [0.05, 0.1) is 22.1 Å². The second kappa shape index (κ2) is 28.7. The van der Waals surface area contributed by atoms with E-state index in [1.165, 1.54) is 146 Å². The topological polar surface area (TPSA) is 9.86 Å². The van der Waals surface area contributed by atoms with Crippen LogP contribution in [0.15, 0.2) is 71.4 Å². The molecule has 0 N–H and O–H groups in total. The fraction of sp³-hybridized carbons (Fsp3) is 0.545. The molecule has 0 bridgehead atoms. The molecule has 400 valence electrons. The quantitative estimate of drug-likeness (QED) is 0.0356. The highest BCUT2D eigenvalue weighted by Gasteiger charge is 2.27. The minimum absolute atomic E-state index is 0.167. The molecule has 0 saturated carbocycles. The zero-order valence-electron chi connectivity index (χ0n) is 46.2. The number of fused-ring (bicyclic) bond motifs is 5. The van der Waals surface area contributed by atoms with E-state index in [1.807, 2.05) is 12.1 Å². The molecule has 0 amide bonds. The van der Waals surface area contributed by atoms with Gasteiger partial charge in [0.1, 0.15) is 11.6 Å². The largest absolute Gasteiger partial charge is 0.339 e. The maximum absolute atomic E-state index is 17.5. The molecule has 2 aromatic carbocycles. The van der Waals surface area contributed by atoms with Gasteiger partial charge in [-0.05, 0) is 108 Å². The van der Waals surface area contributed by atoms with Gasteiger partial charge in [-0.3, -0.25) is 0 Å². The van der Waals surface area contributed by atoms with E-state index in [1.54, 1.807) is 45.3 Å². The van der Waals surface area contributed by atoms with Crippen molar-refractivity contribution in [2.45, 2.75) is 222 Å². The summed E-state index contributed by atoms with van der Waals surface area (Å²) >= 11 is 7.14. The van der Waals surface area contributed by atoms with Gasteiger partial charge in [-0.15, -0.1) is 45.3 Å². The monoisotopic (exact) mass is 1070 g/mol. The molecule has 0 aliphatic heterocycles. The zero-order valence-corrected chi connectivity index (χ0v) is 49.4. The van der Waals surface area contributed by atoms with E-state index in [0.717, 1.165) is 107 Å². The first-order valence-electron chi connectivity index (χ1n) is 29.6. The highest BCUT2D eigenvalue weighted by Crippen LogP contribution is 2.48. The molecule has 8 aromatic rings. The molecule has 0 spiro atoms. The Morgan fingerprint density at radius 3 is 1.16 bits per heavy atom. The van der Waals surface area contributed by atoms with Crippen molar-refractivity contribution in [3.63, 3.8) is 0 Å². The molecule has 0 radical (unpaired) electrons. The van der Waals surface area contributed by atoms with Crippen LogP contribution >= 0.6 is 45.3 Å². The molecule has 2 atom stereocenters. The molecule has 2 nitrogen and oxygen atoms in total. The van der Waals surface area contributed by atoms with Crippen molar-refractivity contribution in [3.05, 3.63) is 94.2 Å². The number of rotatable bonds is 34. The lowest BCUT2D eigenvalue weighted by Crippen LogP contribution is -2.05. The number of aromatic nitrogens is 2. The number of nitrogens with zero attached hydrogens (tertiary/aromatic N) is 2. The number of benzene rings is 2. The van der Waals surface area contributed by atoms with E-state index < -0.39 is 0 Å². The molecule has 0 saturated heterocycles. The van der Waals surface area contributed by atoms with Crippen LogP contribution in [0.2, 0.25) is 0 Å². The van der Waals surface area contributed by atoms with Crippen LogP contribution in [0.5, 0.6) is 0 Å². The molecular formula is C66H88F2N2S4. The molecule has 2 unspecified atom stereocenters. The predicted molar refractivity (Wildman–Crippen MR) is 327 cm³/mol. The van der Waals surface area contributed by atoms with E-state index in [9.17, 15) is 0 Å². The smallest absolute Gasteiger partial charge is 0.132 e. The van der Waals surface area contributed by atoms with Gasteiger partial charge in [-0.25, -0.2) is 8.78 Å². The van der Waals surface area contributed by atoms with Crippen LogP contribution in [0, 0.1) is 23.5 Å². The first-order chi connectivity index (χ1) is 36.3. The minimum atomic E-state index is -0.167. The lowest BCUT2D eigenvalue weighted by Gasteiger charge is -2.17. The predicted octanol–water partition coefficient (Wildman–Crippen LogP) is 23.7. The van der Waals surface area contributed by atoms with Crippen LogP contribution in [0.3, 0.4) is 0 Å². The summed E-state index contributed by atoms with van der Waals surface area (Å²) in [4.78, 5) is 7.20. The Labute approximate surface area is 461 Å². The summed E-state index contributed by atoms with van der Waals surface area (Å²) in [5.41, 5.74) is 8.38. The maximum atomic E-state index is 17.5. The van der Waals surface area contributed by atoms with Crippen LogP contribution in [0.25, 0.3) is 73.2 Å². The van der Waals surface area contributed by atoms with Crippen molar-refractivity contribution in [3.8, 4) is 40.4 Å². The molecule has 0 aliphatic rings. The fourth-order valence-electron chi connectivity index (χ4n) is 11.9. The van der Waals surface area contributed by atoms with E-state index in [2.05, 4.69) is 110 Å². The average molecular weight is 1080 g/mol. The third-order valence-electron chi connectivity index (χ3n) is 16.0. The van der Waals surface area contributed by atoms with Crippen molar-refractivity contribution < 1.29 is 8.78 Å². The summed E-state index contributed by atoms with van der Waals surface area (Å²) in [7, 11) is 0. The molecule has 6 heterocycles. The van der Waals surface area contributed by atoms with Crippen molar-refractivity contribution in [1.82, 2.24) is 9.13 Å². The van der Waals surface area contributed by atoms with Crippen LogP contribution < -0.4 is 0 Å². The number of thiophene rings is 4. The number of halogens is 2. The van der Waals surface area contributed by atoms with Gasteiger partial charge in [-0.1, -0.05) is 195 Å². The van der Waals surface area contributed by atoms with E-state index in [-0.39, 0.29) is 11.6 Å². The number of hydrogen-bond donors (Lipinski definition) is 0. The molecule has 8 heteroatoms. The summed E-state index contributed by atoms with van der Waals surface area (Å²) in [6.07, 6.45) is 31.3. The third kappa shape index (κ3) is 13.8. The van der Waals surface area contributed by atoms with E-state index >= 15 is 8.78 Å². The van der Waals surface area contributed by atoms with Crippen molar-refractivity contribution in [1.29, 1.82) is 0 Å². The van der Waals surface area contributed by atoms with Crippen LogP contribution in [-0.2, 0) is 25.9 Å². The normalized spacial score (nSPS) is 12.9. The second-order valence-electron chi connectivity index (χ2n) is 21.8. The lowest BCUT2D eigenvalue weighted by atomic mass is 9.89. The summed E-state index contributed by atoms with van der Waals surface area (Å²) in [5.74, 6) is 0.927. The van der Waals surface area contributed by atoms with Crippen LogP contribution in [0.1, 0.15) is 207 Å². The Bertz CT molecular complexity index is 2730. The molecule has 0 fully saturated rings. The molecule has 0 aliphatic carbocycles. The molecule has 6 aromatic heterocycles. The van der Waals surface area contributed by atoms with Gasteiger partial charge >= 0.3 is 0 Å². The minimum Gasteiger partial charge on any atom is -0.339 e. The van der Waals surface area contributed by atoms with Gasteiger partial charge < -0.3 is 9.13 Å². The standard InChI is InChI=1S/C66H88F2N2S4/c1-7-13-19-23-31-47(29-17-11-5)39-49-41-61(73-65(49)59-33-27-37-71-59)51-45-57-53(43-55(51)67)63-64(69(57)35-25-21-15-9-3)54-44-56(68)52(46-58(54)70(63)36-26-22-16-10-4)62-42-50(66(74-62)60-34-28-38-72-60)40-48(30-18-12-6)32-24-20-14-8-2/h27-28,33-34,37-38,41-48H,7-26,29-32,35-36,39-40H2,1-6H3. The number of aryl methyl sites for hydroxylation is 2. The first kappa shape index (κ1) is 56.6. The summed E-state index contributed by atoms with van der Waals surface area (Å²) in [6, 6.07) is 21.5. The third-order valence-corrected chi connectivity index (χ3v) is 20.5. The summed E-state index contributed by atoms with van der Waals surface area (Å²) in [5, 5.41) is 6.25. The van der Waals surface area contributed by atoms with Crippen molar-refractivity contribution >= 4 is 78.2 Å². The summed E-state index contributed by atoms with van der Waals surface area (Å²) < 4.78 is 39.9. The highest BCUT2D eigenvalue weighted by atomic mass is 32.1. The van der Waals surface area contributed by atoms with Crippen molar-refractivity contribution in [2.24, 2.45) is 11.8 Å². The van der Waals surface area contributed by atoms with Gasteiger partial charge in [0.25, 0.3) is 0 Å². The van der Waals surface area contributed by atoms with Crippen LogP contribution in [0.4, 0.5) is 8.78 Å².